The molecule has 2 rings (SSSR count). The fourth-order valence-electron chi connectivity index (χ4n) is 1.63. The topological polar surface area (TPSA) is 62.3 Å². The quantitative estimate of drug-likeness (QED) is 0.903. The summed E-state index contributed by atoms with van der Waals surface area (Å²) in [7, 11) is 1.60. The Balaban J connectivity index is 1.92. The normalized spacial score (nSPS) is 10.2. The molecule has 21 heavy (non-hydrogen) atoms. The molecule has 0 aliphatic rings. The Morgan fingerprint density at radius 3 is 2.67 bits per heavy atom. The Morgan fingerprint density at radius 2 is 2.10 bits per heavy atom. The van der Waals surface area contributed by atoms with Gasteiger partial charge in [-0.25, -0.2) is 4.98 Å². The molecule has 110 valence electrons. The summed E-state index contributed by atoms with van der Waals surface area (Å²) in [5.41, 5.74) is 1.02. The maximum absolute atomic E-state index is 12.1. The molecule has 0 aromatic carbocycles. The molecule has 0 aliphatic heterocycles. The number of aromatic nitrogens is 1. The van der Waals surface area contributed by atoms with E-state index in [0.717, 1.165) is 9.35 Å². The number of thiophene rings is 1. The number of hydrogen-bond donors (Lipinski definition) is 1. The van der Waals surface area contributed by atoms with Crippen LogP contribution >= 0.6 is 27.3 Å². The van der Waals surface area contributed by atoms with E-state index in [1.165, 1.54) is 16.2 Å². The molecule has 0 saturated carbocycles. The molecule has 1 N–H and O–H groups in total. The molecule has 0 fully saturated rings. The molecule has 2 amide bonds. The van der Waals surface area contributed by atoms with E-state index < -0.39 is 0 Å². The molecule has 0 spiro atoms. The van der Waals surface area contributed by atoms with Gasteiger partial charge in [-0.15, -0.1) is 11.3 Å². The second-order valence-electron chi connectivity index (χ2n) is 4.53. The van der Waals surface area contributed by atoms with Gasteiger partial charge < -0.3 is 10.2 Å². The highest BCUT2D eigenvalue weighted by molar-refractivity contribution is 9.11. The third-order valence-electron chi connectivity index (χ3n) is 2.69. The van der Waals surface area contributed by atoms with Crippen LogP contribution in [0, 0.1) is 6.92 Å². The van der Waals surface area contributed by atoms with E-state index in [1.807, 2.05) is 19.1 Å². The van der Waals surface area contributed by atoms with E-state index in [9.17, 15) is 9.59 Å². The van der Waals surface area contributed by atoms with Crippen molar-refractivity contribution >= 4 is 44.9 Å². The SMILES string of the molecule is Cc1ccc(NC(=O)CN(C)C(=O)c2ccc(Br)s2)nc1. The van der Waals surface area contributed by atoms with Crippen LogP contribution in [0.5, 0.6) is 0 Å². The Bertz CT molecular complexity index is 654. The Kier molecular flexibility index (Phi) is 5.08. The maximum atomic E-state index is 12.1. The van der Waals surface area contributed by atoms with Gasteiger partial charge in [-0.3, -0.25) is 9.59 Å². The molecule has 2 aromatic rings. The number of aryl methyl sites for hydroxylation is 1. The molecule has 0 aliphatic carbocycles. The lowest BCUT2D eigenvalue weighted by Gasteiger charge is -2.15. The van der Waals surface area contributed by atoms with Gasteiger partial charge in [0, 0.05) is 13.2 Å². The molecule has 0 unspecified atom stereocenters. The summed E-state index contributed by atoms with van der Waals surface area (Å²) >= 11 is 4.65. The highest BCUT2D eigenvalue weighted by Crippen LogP contribution is 2.22. The summed E-state index contributed by atoms with van der Waals surface area (Å²) in [6.07, 6.45) is 1.67. The van der Waals surface area contributed by atoms with Crippen LogP contribution in [-0.4, -0.2) is 35.3 Å². The summed E-state index contributed by atoms with van der Waals surface area (Å²) in [4.78, 5) is 30.1. The van der Waals surface area contributed by atoms with Crippen molar-refractivity contribution in [1.29, 1.82) is 0 Å². The monoisotopic (exact) mass is 367 g/mol. The predicted molar refractivity (Wildman–Crippen MR) is 86.6 cm³/mol. The summed E-state index contributed by atoms with van der Waals surface area (Å²) < 4.78 is 0.882. The first-order valence-electron chi connectivity index (χ1n) is 6.19. The van der Waals surface area contributed by atoms with E-state index >= 15 is 0 Å². The van der Waals surface area contributed by atoms with Gasteiger partial charge in [0.05, 0.1) is 15.2 Å². The highest BCUT2D eigenvalue weighted by Gasteiger charge is 2.16. The van der Waals surface area contributed by atoms with E-state index in [2.05, 4.69) is 26.2 Å². The summed E-state index contributed by atoms with van der Waals surface area (Å²) in [6.45, 7) is 1.90. The number of amides is 2. The first-order chi connectivity index (χ1) is 9.95. The Morgan fingerprint density at radius 1 is 1.33 bits per heavy atom. The average molecular weight is 368 g/mol. The molecule has 5 nitrogen and oxygen atoms in total. The summed E-state index contributed by atoms with van der Waals surface area (Å²) in [5.74, 6) is 0.0147. The van der Waals surface area contributed by atoms with Gasteiger partial charge >= 0.3 is 0 Å². The number of nitrogens with zero attached hydrogens (tertiary/aromatic N) is 2. The van der Waals surface area contributed by atoms with Gasteiger partial charge in [-0.05, 0) is 46.6 Å². The fourth-order valence-corrected chi connectivity index (χ4v) is 3.01. The number of nitrogens with one attached hydrogen (secondary N) is 1. The van der Waals surface area contributed by atoms with Crippen LogP contribution in [-0.2, 0) is 4.79 Å². The number of anilines is 1. The van der Waals surface area contributed by atoms with E-state index in [1.54, 1.807) is 25.4 Å². The third-order valence-corrected chi connectivity index (χ3v) is 4.30. The largest absolute Gasteiger partial charge is 0.332 e. The first-order valence-corrected chi connectivity index (χ1v) is 7.80. The number of pyridine rings is 1. The van der Waals surface area contributed by atoms with Crippen LogP contribution in [0.25, 0.3) is 0 Å². The number of hydrogen-bond acceptors (Lipinski definition) is 4. The smallest absolute Gasteiger partial charge is 0.264 e. The Hall–Kier alpha value is -1.73. The van der Waals surface area contributed by atoms with E-state index in [0.29, 0.717) is 10.7 Å². The van der Waals surface area contributed by atoms with E-state index in [4.69, 9.17) is 0 Å². The third kappa shape index (κ3) is 4.37. The zero-order valence-electron chi connectivity index (χ0n) is 11.6. The van der Waals surface area contributed by atoms with Gasteiger partial charge in [0.1, 0.15) is 5.82 Å². The van der Waals surface area contributed by atoms with Crippen LogP contribution < -0.4 is 5.32 Å². The van der Waals surface area contributed by atoms with Crippen LogP contribution in [0.15, 0.2) is 34.2 Å². The minimum Gasteiger partial charge on any atom is -0.332 e. The van der Waals surface area contributed by atoms with Crippen molar-refractivity contribution in [2.24, 2.45) is 0 Å². The van der Waals surface area contributed by atoms with Crippen LogP contribution in [0.4, 0.5) is 5.82 Å². The molecular weight excluding hydrogens is 354 g/mol. The highest BCUT2D eigenvalue weighted by atomic mass is 79.9. The second kappa shape index (κ2) is 6.82. The number of rotatable bonds is 4. The fraction of sp³-hybridized carbons (Fsp3) is 0.214. The lowest BCUT2D eigenvalue weighted by molar-refractivity contribution is -0.116. The van der Waals surface area contributed by atoms with Gasteiger partial charge in [0.25, 0.3) is 5.91 Å². The number of halogens is 1. The molecular formula is C14H14BrN3O2S. The molecule has 7 heteroatoms. The van der Waals surface area contributed by atoms with Gasteiger partial charge in [-0.1, -0.05) is 6.07 Å². The van der Waals surface area contributed by atoms with Crippen LogP contribution in [0.3, 0.4) is 0 Å². The van der Waals surface area contributed by atoms with Crippen molar-refractivity contribution in [3.63, 3.8) is 0 Å². The van der Waals surface area contributed by atoms with Gasteiger partial charge in [0.2, 0.25) is 5.91 Å². The minimum absolute atomic E-state index is 0.0239. The van der Waals surface area contributed by atoms with Crippen molar-refractivity contribution < 1.29 is 9.59 Å². The number of carbonyl (C=O) groups excluding carboxylic acids is 2. The molecule has 0 bridgehead atoms. The van der Waals surface area contributed by atoms with Gasteiger partial charge in [0.15, 0.2) is 0 Å². The van der Waals surface area contributed by atoms with Gasteiger partial charge in [-0.2, -0.15) is 0 Å². The van der Waals surface area contributed by atoms with Crippen molar-refractivity contribution in [1.82, 2.24) is 9.88 Å². The maximum Gasteiger partial charge on any atom is 0.264 e. The lowest BCUT2D eigenvalue weighted by Crippen LogP contribution is -2.34. The zero-order valence-corrected chi connectivity index (χ0v) is 14.0. The molecule has 0 atom stereocenters. The second-order valence-corrected chi connectivity index (χ2v) is 7.00. The molecule has 0 saturated heterocycles. The summed E-state index contributed by atoms with van der Waals surface area (Å²) in [5, 5.41) is 2.66. The van der Waals surface area contributed by atoms with Crippen molar-refractivity contribution in [3.8, 4) is 0 Å². The molecule has 2 aromatic heterocycles. The van der Waals surface area contributed by atoms with Crippen molar-refractivity contribution in [3.05, 3.63) is 44.7 Å². The molecule has 2 heterocycles. The van der Waals surface area contributed by atoms with E-state index in [-0.39, 0.29) is 18.4 Å². The van der Waals surface area contributed by atoms with Crippen molar-refractivity contribution in [2.75, 3.05) is 18.9 Å². The molecule has 0 radical (unpaired) electrons. The summed E-state index contributed by atoms with van der Waals surface area (Å²) in [6, 6.07) is 7.13. The number of likely N-dealkylation sites (N-methyl/N-ethyl adjacent to an activating group) is 1. The predicted octanol–water partition coefficient (Wildman–Crippen LogP) is 2.92. The zero-order chi connectivity index (χ0) is 15.4. The minimum atomic E-state index is -0.280. The first kappa shape index (κ1) is 15.7. The average Bonchev–Trinajstić information content (AvgIpc) is 2.87. The van der Waals surface area contributed by atoms with Crippen molar-refractivity contribution in [2.45, 2.75) is 6.92 Å². The van der Waals surface area contributed by atoms with Crippen LogP contribution in [0.2, 0.25) is 0 Å². The standard InChI is InChI=1S/C14H14BrN3O2S/c1-9-3-6-12(16-7-9)17-13(19)8-18(2)14(20)10-4-5-11(15)21-10/h3-7H,8H2,1-2H3,(H,16,17,19). The lowest BCUT2D eigenvalue weighted by atomic mass is 10.3. The Labute approximate surface area is 135 Å². The van der Waals surface area contributed by atoms with Crippen LogP contribution in [0.1, 0.15) is 15.2 Å². The number of carbonyl (C=O) groups is 2.